The van der Waals surface area contributed by atoms with E-state index in [2.05, 4.69) is 24.2 Å². The van der Waals surface area contributed by atoms with Crippen molar-refractivity contribution in [2.45, 2.75) is 30.3 Å². The highest BCUT2D eigenvalue weighted by Crippen LogP contribution is 2.21. The van der Waals surface area contributed by atoms with Crippen molar-refractivity contribution in [3.05, 3.63) is 24.3 Å². The molecule has 18 heavy (non-hydrogen) atoms. The van der Waals surface area contributed by atoms with Crippen molar-refractivity contribution in [1.82, 2.24) is 4.90 Å². The third-order valence-corrected chi connectivity index (χ3v) is 4.33. The summed E-state index contributed by atoms with van der Waals surface area (Å²) in [5, 5.41) is 8.47. The Morgan fingerprint density at radius 2 is 2.17 bits per heavy atom. The molecule has 0 radical (unpaired) electrons. The molecule has 0 amide bonds. The molecule has 0 bridgehead atoms. The van der Waals surface area contributed by atoms with E-state index < -0.39 is 10.0 Å². The molecule has 1 aliphatic rings. The van der Waals surface area contributed by atoms with E-state index in [1.807, 2.05) is 6.07 Å². The van der Waals surface area contributed by atoms with E-state index in [9.17, 15) is 8.42 Å². The standard InChI is InChI=1S/C12H19N3O2S/c1-9-6-11(8-15(9)2)14-10-4-3-5-12(7-10)18(13,16)17/h3-5,7,9,11,14H,6,8H2,1-2H3,(H2,13,16,17). The van der Waals surface area contributed by atoms with Gasteiger partial charge >= 0.3 is 0 Å². The Balaban J connectivity index is 2.11. The molecule has 1 heterocycles. The van der Waals surface area contributed by atoms with Gasteiger partial charge in [-0.05, 0) is 38.6 Å². The maximum atomic E-state index is 11.3. The fourth-order valence-electron chi connectivity index (χ4n) is 2.30. The summed E-state index contributed by atoms with van der Waals surface area (Å²) in [6.07, 6.45) is 1.05. The van der Waals surface area contributed by atoms with Gasteiger partial charge in [-0.25, -0.2) is 13.6 Å². The number of hydrogen-bond donors (Lipinski definition) is 2. The molecule has 1 aromatic carbocycles. The second-order valence-electron chi connectivity index (χ2n) is 4.94. The molecule has 1 saturated heterocycles. The summed E-state index contributed by atoms with van der Waals surface area (Å²) in [6, 6.07) is 7.54. The summed E-state index contributed by atoms with van der Waals surface area (Å²) in [5.74, 6) is 0. The number of sulfonamides is 1. The minimum absolute atomic E-state index is 0.145. The Hall–Kier alpha value is -1.11. The Labute approximate surface area is 108 Å². The minimum Gasteiger partial charge on any atom is -0.381 e. The van der Waals surface area contributed by atoms with Crippen LogP contribution in [-0.4, -0.2) is 39.0 Å². The van der Waals surface area contributed by atoms with E-state index in [0.29, 0.717) is 12.1 Å². The Kier molecular flexibility index (Phi) is 3.61. The second kappa shape index (κ2) is 4.87. The molecule has 1 aliphatic heterocycles. The van der Waals surface area contributed by atoms with Crippen LogP contribution in [0.5, 0.6) is 0 Å². The van der Waals surface area contributed by atoms with E-state index in [1.165, 1.54) is 6.07 Å². The van der Waals surface area contributed by atoms with Crippen molar-refractivity contribution < 1.29 is 8.42 Å². The molecule has 0 aromatic heterocycles. The molecule has 2 atom stereocenters. The van der Waals surface area contributed by atoms with Gasteiger partial charge in [0.2, 0.25) is 10.0 Å². The van der Waals surface area contributed by atoms with Gasteiger partial charge in [0, 0.05) is 24.3 Å². The lowest BCUT2D eigenvalue weighted by Crippen LogP contribution is -2.25. The van der Waals surface area contributed by atoms with Crippen molar-refractivity contribution in [3.63, 3.8) is 0 Å². The molecule has 1 fully saturated rings. The minimum atomic E-state index is -3.63. The van der Waals surface area contributed by atoms with E-state index in [4.69, 9.17) is 5.14 Å². The number of likely N-dealkylation sites (tertiary alicyclic amines) is 1. The SMILES string of the molecule is CC1CC(Nc2cccc(S(N)(=O)=O)c2)CN1C. The molecule has 100 valence electrons. The van der Waals surface area contributed by atoms with Gasteiger partial charge in [0.05, 0.1) is 4.90 Å². The summed E-state index contributed by atoms with van der Waals surface area (Å²) in [7, 11) is -1.54. The molecule has 0 spiro atoms. The predicted molar refractivity (Wildman–Crippen MR) is 71.9 cm³/mol. The number of nitrogens with two attached hydrogens (primary N) is 1. The zero-order chi connectivity index (χ0) is 13.3. The van der Waals surface area contributed by atoms with Crippen LogP contribution in [0.25, 0.3) is 0 Å². The van der Waals surface area contributed by atoms with Gasteiger partial charge < -0.3 is 10.2 Å². The fourth-order valence-corrected chi connectivity index (χ4v) is 2.86. The van der Waals surface area contributed by atoms with Crippen LogP contribution in [0.1, 0.15) is 13.3 Å². The highest BCUT2D eigenvalue weighted by Gasteiger charge is 2.25. The molecule has 5 nitrogen and oxygen atoms in total. The maximum Gasteiger partial charge on any atom is 0.238 e. The number of likely N-dealkylation sites (N-methyl/N-ethyl adjacent to an activating group) is 1. The molecule has 0 saturated carbocycles. The first kappa shape index (κ1) is 13.3. The average Bonchev–Trinajstić information content (AvgIpc) is 2.57. The predicted octanol–water partition coefficient (Wildman–Crippen LogP) is 0.838. The van der Waals surface area contributed by atoms with Gasteiger partial charge in [-0.2, -0.15) is 0 Å². The number of hydrogen-bond acceptors (Lipinski definition) is 4. The first-order valence-corrected chi connectivity index (χ1v) is 7.50. The molecule has 2 unspecified atom stereocenters. The number of rotatable bonds is 3. The van der Waals surface area contributed by atoms with Gasteiger partial charge in [0.1, 0.15) is 0 Å². The highest BCUT2D eigenvalue weighted by molar-refractivity contribution is 7.89. The lowest BCUT2D eigenvalue weighted by molar-refractivity contribution is 0.330. The van der Waals surface area contributed by atoms with E-state index in [0.717, 1.165) is 18.7 Å². The number of benzene rings is 1. The van der Waals surface area contributed by atoms with Crippen LogP contribution in [-0.2, 0) is 10.0 Å². The Morgan fingerprint density at radius 1 is 1.44 bits per heavy atom. The van der Waals surface area contributed by atoms with E-state index in [1.54, 1.807) is 12.1 Å². The van der Waals surface area contributed by atoms with Crippen LogP contribution in [0.2, 0.25) is 0 Å². The zero-order valence-electron chi connectivity index (χ0n) is 10.6. The van der Waals surface area contributed by atoms with Crippen LogP contribution in [0.15, 0.2) is 29.2 Å². The van der Waals surface area contributed by atoms with Crippen LogP contribution in [0.3, 0.4) is 0 Å². The largest absolute Gasteiger partial charge is 0.381 e. The summed E-state index contributed by atoms with van der Waals surface area (Å²) < 4.78 is 22.5. The Bertz CT molecular complexity index is 520. The van der Waals surface area contributed by atoms with E-state index in [-0.39, 0.29) is 4.90 Å². The molecular weight excluding hydrogens is 250 g/mol. The smallest absolute Gasteiger partial charge is 0.238 e. The Morgan fingerprint density at radius 3 is 2.72 bits per heavy atom. The monoisotopic (exact) mass is 269 g/mol. The second-order valence-corrected chi connectivity index (χ2v) is 6.50. The lowest BCUT2D eigenvalue weighted by atomic mass is 10.2. The topological polar surface area (TPSA) is 75.4 Å². The maximum absolute atomic E-state index is 11.3. The molecule has 0 aliphatic carbocycles. The third-order valence-electron chi connectivity index (χ3n) is 3.42. The first-order valence-electron chi connectivity index (χ1n) is 5.96. The van der Waals surface area contributed by atoms with Crippen LogP contribution < -0.4 is 10.5 Å². The quantitative estimate of drug-likeness (QED) is 0.852. The van der Waals surface area contributed by atoms with Crippen LogP contribution >= 0.6 is 0 Å². The van der Waals surface area contributed by atoms with Crippen molar-refractivity contribution in [3.8, 4) is 0 Å². The molecule has 3 N–H and O–H groups in total. The lowest BCUT2D eigenvalue weighted by Gasteiger charge is -2.14. The normalized spacial score (nSPS) is 25.3. The van der Waals surface area contributed by atoms with E-state index >= 15 is 0 Å². The van der Waals surface area contributed by atoms with Crippen LogP contribution in [0, 0.1) is 0 Å². The number of nitrogens with one attached hydrogen (secondary N) is 1. The van der Waals surface area contributed by atoms with Gasteiger partial charge in [-0.3, -0.25) is 0 Å². The molecule has 1 aromatic rings. The average molecular weight is 269 g/mol. The zero-order valence-corrected chi connectivity index (χ0v) is 11.4. The number of primary sulfonamides is 1. The van der Waals surface area contributed by atoms with Gasteiger partial charge in [-0.15, -0.1) is 0 Å². The number of anilines is 1. The van der Waals surface area contributed by atoms with Crippen molar-refractivity contribution >= 4 is 15.7 Å². The fraction of sp³-hybridized carbons (Fsp3) is 0.500. The molecule has 2 rings (SSSR count). The summed E-state index contributed by atoms with van der Waals surface area (Å²) in [6.45, 7) is 3.14. The third kappa shape index (κ3) is 3.01. The summed E-state index contributed by atoms with van der Waals surface area (Å²) in [5.41, 5.74) is 0.800. The number of nitrogens with zero attached hydrogens (tertiary/aromatic N) is 1. The van der Waals surface area contributed by atoms with Crippen molar-refractivity contribution in [2.75, 3.05) is 18.9 Å². The highest BCUT2D eigenvalue weighted by atomic mass is 32.2. The first-order chi connectivity index (χ1) is 8.36. The van der Waals surface area contributed by atoms with Gasteiger partial charge in [0.15, 0.2) is 0 Å². The van der Waals surface area contributed by atoms with Gasteiger partial charge in [0.25, 0.3) is 0 Å². The van der Waals surface area contributed by atoms with Crippen molar-refractivity contribution in [1.29, 1.82) is 0 Å². The summed E-state index contributed by atoms with van der Waals surface area (Å²) in [4.78, 5) is 2.42. The van der Waals surface area contributed by atoms with Crippen molar-refractivity contribution in [2.24, 2.45) is 5.14 Å². The molecule has 6 heteroatoms. The summed E-state index contributed by atoms with van der Waals surface area (Å²) >= 11 is 0. The molecular formula is C12H19N3O2S. The van der Waals surface area contributed by atoms with Crippen LogP contribution in [0.4, 0.5) is 5.69 Å². The van der Waals surface area contributed by atoms with Gasteiger partial charge in [-0.1, -0.05) is 6.07 Å².